The molecule has 1 heterocycles. The maximum Gasteiger partial charge on any atom is 0.265 e. The summed E-state index contributed by atoms with van der Waals surface area (Å²) in [5.41, 5.74) is 6.08. The lowest BCUT2D eigenvalue weighted by Crippen LogP contribution is -2.12. The van der Waals surface area contributed by atoms with Gasteiger partial charge in [-0.05, 0) is 47.9 Å². The Hall–Kier alpha value is -2.73. The van der Waals surface area contributed by atoms with E-state index >= 15 is 0 Å². The number of carbonyl (C=O) groups is 2. The Morgan fingerprint density at radius 1 is 1.05 bits per heavy atom. The van der Waals surface area contributed by atoms with E-state index in [2.05, 4.69) is 5.32 Å². The molecule has 0 fully saturated rings. The van der Waals surface area contributed by atoms with Crippen LogP contribution in [-0.4, -0.2) is 11.8 Å². The summed E-state index contributed by atoms with van der Waals surface area (Å²) in [5.74, 6) is -1.14. The molecule has 1 aromatic heterocycles. The highest BCUT2D eigenvalue weighted by Gasteiger charge is 2.11. The second-order valence-electron chi connectivity index (χ2n) is 4.69. The smallest absolute Gasteiger partial charge is 0.265 e. The summed E-state index contributed by atoms with van der Waals surface area (Å²) in [5, 5.41) is 3.55. The number of nitrogens with one attached hydrogen (secondary N) is 1. The minimum absolute atomic E-state index is 0.284. The van der Waals surface area contributed by atoms with Crippen molar-refractivity contribution in [3.8, 4) is 0 Å². The first-order valence-corrected chi connectivity index (χ1v) is 7.25. The van der Waals surface area contributed by atoms with Crippen LogP contribution in [0, 0.1) is 5.82 Å². The molecule has 0 bridgehead atoms. The largest absolute Gasteiger partial charge is 0.366 e. The molecule has 0 aliphatic carbocycles. The highest BCUT2D eigenvalue weighted by atomic mass is 32.1. The van der Waals surface area contributed by atoms with Crippen molar-refractivity contribution < 1.29 is 14.0 Å². The molecule has 0 aliphatic heterocycles. The van der Waals surface area contributed by atoms with Gasteiger partial charge < -0.3 is 11.1 Å². The first-order chi connectivity index (χ1) is 10.5. The molecule has 0 spiro atoms. The third-order valence-corrected chi connectivity index (χ3v) is 4.23. The Labute approximate surface area is 129 Å². The van der Waals surface area contributed by atoms with E-state index in [9.17, 15) is 14.0 Å². The van der Waals surface area contributed by atoms with Gasteiger partial charge in [0.1, 0.15) is 5.82 Å². The van der Waals surface area contributed by atoms with E-state index in [-0.39, 0.29) is 11.7 Å². The number of amides is 2. The molecule has 6 heteroatoms. The highest BCUT2D eigenvalue weighted by Crippen LogP contribution is 2.27. The number of fused-ring (bicyclic) bond motifs is 1. The molecule has 2 aromatic carbocycles. The summed E-state index contributed by atoms with van der Waals surface area (Å²) in [4.78, 5) is 23.7. The molecule has 110 valence electrons. The molecule has 4 nitrogen and oxygen atoms in total. The van der Waals surface area contributed by atoms with Crippen molar-refractivity contribution in [1.82, 2.24) is 0 Å². The number of nitrogens with two attached hydrogens (primary N) is 1. The van der Waals surface area contributed by atoms with Gasteiger partial charge in [0, 0.05) is 16.0 Å². The van der Waals surface area contributed by atoms with Crippen molar-refractivity contribution in [2.75, 3.05) is 5.32 Å². The number of rotatable bonds is 3. The summed E-state index contributed by atoms with van der Waals surface area (Å²) >= 11 is 1.22. The van der Waals surface area contributed by atoms with E-state index in [1.807, 2.05) is 0 Å². The van der Waals surface area contributed by atoms with Crippen molar-refractivity contribution in [2.45, 2.75) is 0 Å². The fraction of sp³-hybridized carbons (Fsp3) is 0. The average molecular weight is 314 g/mol. The number of primary amides is 1. The van der Waals surface area contributed by atoms with Crippen molar-refractivity contribution in [3.63, 3.8) is 0 Å². The average Bonchev–Trinajstić information content (AvgIpc) is 2.91. The van der Waals surface area contributed by atoms with E-state index in [1.165, 1.54) is 35.6 Å². The van der Waals surface area contributed by atoms with Crippen LogP contribution in [0.1, 0.15) is 20.0 Å². The van der Waals surface area contributed by atoms with Crippen molar-refractivity contribution >= 4 is 38.9 Å². The topological polar surface area (TPSA) is 72.2 Å². The van der Waals surface area contributed by atoms with Crippen LogP contribution in [-0.2, 0) is 0 Å². The van der Waals surface area contributed by atoms with Gasteiger partial charge in [0.2, 0.25) is 5.91 Å². The minimum Gasteiger partial charge on any atom is -0.366 e. The van der Waals surface area contributed by atoms with E-state index < -0.39 is 5.91 Å². The van der Waals surface area contributed by atoms with Crippen LogP contribution >= 0.6 is 11.3 Å². The Bertz CT molecular complexity index is 871. The molecule has 3 rings (SSSR count). The van der Waals surface area contributed by atoms with Crippen LogP contribution < -0.4 is 11.1 Å². The zero-order valence-corrected chi connectivity index (χ0v) is 12.1. The summed E-state index contributed by atoms with van der Waals surface area (Å²) in [6.07, 6.45) is 0. The monoisotopic (exact) mass is 314 g/mol. The number of thiophene rings is 1. The van der Waals surface area contributed by atoms with Crippen LogP contribution in [0.5, 0.6) is 0 Å². The highest BCUT2D eigenvalue weighted by molar-refractivity contribution is 7.20. The van der Waals surface area contributed by atoms with E-state index in [1.54, 1.807) is 24.3 Å². The number of benzene rings is 2. The van der Waals surface area contributed by atoms with Gasteiger partial charge in [-0.1, -0.05) is 6.07 Å². The SMILES string of the molecule is NC(=O)c1ccc(NC(=O)c2cc3ccc(F)cc3s2)cc1. The Balaban J connectivity index is 1.81. The van der Waals surface area contributed by atoms with Gasteiger partial charge >= 0.3 is 0 Å². The van der Waals surface area contributed by atoms with Crippen LogP contribution in [0.25, 0.3) is 10.1 Å². The van der Waals surface area contributed by atoms with Gasteiger partial charge in [-0.2, -0.15) is 0 Å². The molecule has 0 saturated carbocycles. The third kappa shape index (κ3) is 2.82. The number of hydrogen-bond donors (Lipinski definition) is 2. The standard InChI is InChI=1S/C16H11FN2O2S/c17-11-4-1-10-7-14(22-13(10)8-11)16(21)19-12-5-2-9(3-6-12)15(18)20/h1-8H,(H2,18,20)(H,19,21). The first-order valence-electron chi connectivity index (χ1n) is 6.43. The predicted octanol–water partition coefficient (Wildman–Crippen LogP) is 3.39. The molecule has 3 aromatic rings. The molecular formula is C16H11FN2O2S. The molecule has 0 saturated heterocycles. The molecule has 0 atom stereocenters. The summed E-state index contributed by atoms with van der Waals surface area (Å²) in [6.45, 7) is 0. The molecule has 0 radical (unpaired) electrons. The fourth-order valence-electron chi connectivity index (χ4n) is 2.03. The first kappa shape index (κ1) is 14.2. The Kier molecular flexibility index (Phi) is 3.60. The normalized spacial score (nSPS) is 10.6. The second-order valence-corrected chi connectivity index (χ2v) is 5.77. The molecule has 0 aliphatic rings. The van der Waals surface area contributed by atoms with Crippen molar-refractivity contribution in [1.29, 1.82) is 0 Å². The lowest BCUT2D eigenvalue weighted by molar-refractivity contribution is 0.0998. The molecule has 0 unspecified atom stereocenters. The van der Waals surface area contributed by atoms with Gasteiger partial charge in [-0.15, -0.1) is 11.3 Å². The van der Waals surface area contributed by atoms with Crippen molar-refractivity contribution in [3.05, 3.63) is 64.8 Å². The number of hydrogen-bond acceptors (Lipinski definition) is 3. The summed E-state index contributed by atoms with van der Waals surface area (Å²) in [6, 6.07) is 12.4. The van der Waals surface area contributed by atoms with E-state index in [0.717, 1.165) is 5.39 Å². The van der Waals surface area contributed by atoms with Crippen LogP contribution in [0.3, 0.4) is 0 Å². The molecular weight excluding hydrogens is 303 g/mol. The van der Waals surface area contributed by atoms with Crippen LogP contribution in [0.2, 0.25) is 0 Å². The minimum atomic E-state index is -0.524. The molecule has 22 heavy (non-hydrogen) atoms. The van der Waals surface area contributed by atoms with E-state index in [0.29, 0.717) is 20.8 Å². The lowest BCUT2D eigenvalue weighted by Gasteiger charge is -2.03. The second kappa shape index (κ2) is 5.57. The number of carbonyl (C=O) groups excluding carboxylic acids is 2. The lowest BCUT2D eigenvalue weighted by atomic mass is 10.2. The van der Waals surface area contributed by atoms with Crippen molar-refractivity contribution in [2.24, 2.45) is 5.73 Å². The van der Waals surface area contributed by atoms with Crippen LogP contribution in [0.4, 0.5) is 10.1 Å². The van der Waals surface area contributed by atoms with Gasteiger partial charge in [0.15, 0.2) is 0 Å². The Morgan fingerprint density at radius 2 is 1.77 bits per heavy atom. The van der Waals surface area contributed by atoms with Crippen LogP contribution in [0.15, 0.2) is 48.5 Å². The number of halogens is 1. The number of anilines is 1. The maximum absolute atomic E-state index is 13.2. The van der Waals surface area contributed by atoms with Gasteiger partial charge in [-0.25, -0.2) is 4.39 Å². The molecule has 2 amide bonds. The fourth-order valence-corrected chi connectivity index (χ4v) is 3.01. The van der Waals surface area contributed by atoms with Gasteiger partial charge in [-0.3, -0.25) is 9.59 Å². The van der Waals surface area contributed by atoms with Gasteiger partial charge in [0.25, 0.3) is 5.91 Å². The third-order valence-electron chi connectivity index (χ3n) is 3.13. The predicted molar refractivity (Wildman–Crippen MR) is 84.7 cm³/mol. The zero-order chi connectivity index (χ0) is 15.7. The maximum atomic E-state index is 13.2. The Morgan fingerprint density at radius 3 is 2.45 bits per heavy atom. The van der Waals surface area contributed by atoms with E-state index in [4.69, 9.17) is 5.73 Å². The van der Waals surface area contributed by atoms with Gasteiger partial charge in [0.05, 0.1) is 4.88 Å². The molecule has 3 N–H and O–H groups in total. The summed E-state index contributed by atoms with van der Waals surface area (Å²) in [7, 11) is 0. The summed E-state index contributed by atoms with van der Waals surface area (Å²) < 4.78 is 13.9. The quantitative estimate of drug-likeness (QED) is 0.778. The zero-order valence-electron chi connectivity index (χ0n) is 11.3.